The molecule has 0 aromatic heterocycles. The third kappa shape index (κ3) is 3.44. The number of carbonyl (C=O) groups is 3. The van der Waals surface area contributed by atoms with Gasteiger partial charge in [-0.15, -0.1) is 0 Å². The Labute approximate surface area is 151 Å². The predicted molar refractivity (Wildman–Crippen MR) is 95.5 cm³/mol. The molecule has 6 nitrogen and oxygen atoms in total. The summed E-state index contributed by atoms with van der Waals surface area (Å²) in [6, 6.07) is 12.0. The molecule has 134 valence electrons. The first-order valence-corrected chi connectivity index (χ1v) is 8.35. The molecule has 2 aromatic carbocycles. The van der Waals surface area contributed by atoms with Crippen molar-refractivity contribution < 1.29 is 24.2 Å². The SMILES string of the molecule is COc1ccc(C(=O)N2C(=O)CCc3cccc(CCC(=O)O)c32)cc1. The van der Waals surface area contributed by atoms with Crippen LogP contribution >= 0.6 is 0 Å². The van der Waals surface area contributed by atoms with E-state index in [1.54, 1.807) is 30.3 Å². The van der Waals surface area contributed by atoms with E-state index in [-0.39, 0.29) is 25.2 Å². The van der Waals surface area contributed by atoms with Crippen molar-refractivity contribution in [3.8, 4) is 5.75 Å². The van der Waals surface area contributed by atoms with Crippen LogP contribution in [0, 0.1) is 0 Å². The van der Waals surface area contributed by atoms with Crippen molar-refractivity contribution in [2.75, 3.05) is 12.0 Å². The minimum absolute atomic E-state index is 0.0603. The Morgan fingerprint density at radius 2 is 1.85 bits per heavy atom. The Kier molecular flexibility index (Phi) is 5.02. The summed E-state index contributed by atoms with van der Waals surface area (Å²) in [6.07, 6.45) is 0.992. The number of carbonyl (C=O) groups excluding carboxylic acids is 2. The van der Waals surface area contributed by atoms with Crippen LogP contribution in [0.1, 0.15) is 34.3 Å². The van der Waals surface area contributed by atoms with Gasteiger partial charge in [0.15, 0.2) is 0 Å². The monoisotopic (exact) mass is 353 g/mol. The highest BCUT2D eigenvalue weighted by Crippen LogP contribution is 2.33. The van der Waals surface area contributed by atoms with Gasteiger partial charge in [0.05, 0.1) is 12.8 Å². The maximum atomic E-state index is 13.0. The molecule has 1 aliphatic heterocycles. The zero-order chi connectivity index (χ0) is 18.7. The van der Waals surface area contributed by atoms with E-state index in [0.717, 1.165) is 5.56 Å². The van der Waals surface area contributed by atoms with E-state index < -0.39 is 11.9 Å². The molecule has 6 heteroatoms. The molecule has 0 unspecified atom stereocenters. The van der Waals surface area contributed by atoms with E-state index in [1.807, 2.05) is 12.1 Å². The molecule has 3 rings (SSSR count). The number of aryl methyl sites for hydroxylation is 2. The summed E-state index contributed by atoms with van der Waals surface area (Å²) in [5, 5.41) is 8.97. The molecule has 0 radical (unpaired) electrons. The molecule has 0 bridgehead atoms. The normalized spacial score (nSPS) is 13.3. The minimum Gasteiger partial charge on any atom is -0.497 e. The number of nitrogens with zero attached hydrogens (tertiary/aromatic N) is 1. The number of hydrogen-bond acceptors (Lipinski definition) is 4. The zero-order valence-electron chi connectivity index (χ0n) is 14.4. The fraction of sp³-hybridized carbons (Fsp3) is 0.250. The van der Waals surface area contributed by atoms with Gasteiger partial charge in [-0.25, -0.2) is 4.90 Å². The van der Waals surface area contributed by atoms with Crippen molar-refractivity contribution in [1.82, 2.24) is 0 Å². The van der Waals surface area contributed by atoms with Crippen molar-refractivity contribution in [3.63, 3.8) is 0 Å². The average Bonchev–Trinajstić information content (AvgIpc) is 2.65. The summed E-state index contributed by atoms with van der Waals surface area (Å²) in [4.78, 5) is 37.7. The molecule has 0 aliphatic carbocycles. The first-order chi connectivity index (χ1) is 12.5. The molecular weight excluding hydrogens is 334 g/mol. The summed E-state index contributed by atoms with van der Waals surface area (Å²) in [7, 11) is 1.54. The molecule has 2 aromatic rings. The average molecular weight is 353 g/mol. The van der Waals surface area contributed by atoms with E-state index in [2.05, 4.69) is 0 Å². The smallest absolute Gasteiger partial charge is 0.303 e. The number of para-hydroxylation sites is 1. The van der Waals surface area contributed by atoms with Gasteiger partial charge in [-0.3, -0.25) is 14.4 Å². The fourth-order valence-electron chi connectivity index (χ4n) is 3.13. The van der Waals surface area contributed by atoms with E-state index in [4.69, 9.17) is 9.84 Å². The topological polar surface area (TPSA) is 83.9 Å². The Bertz CT molecular complexity index is 857. The first-order valence-electron chi connectivity index (χ1n) is 8.35. The third-order valence-corrected chi connectivity index (χ3v) is 4.43. The van der Waals surface area contributed by atoms with Crippen LogP contribution in [-0.2, 0) is 22.4 Å². The van der Waals surface area contributed by atoms with Crippen molar-refractivity contribution in [3.05, 3.63) is 59.2 Å². The van der Waals surface area contributed by atoms with Crippen LogP contribution in [0.2, 0.25) is 0 Å². The largest absolute Gasteiger partial charge is 0.497 e. The highest BCUT2D eigenvalue weighted by atomic mass is 16.5. The van der Waals surface area contributed by atoms with Gasteiger partial charge in [0.25, 0.3) is 5.91 Å². The second-order valence-electron chi connectivity index (χ2n) is 6.08. The molecule has 2 amide bonds. The van der Waals surface area contributed by atoms with Crippen molar-refractivity contribution in [2.24, 2.45) is 0 Å². The number of anilines is 1. The van der Waals surface area contributed by atoms with E-state index in [9.17, 15) is 14.4 Å². The highest BCUT2D eigenvalue weighted by molar-refractivity contribution is 6.22. The summed E-state index contributed by atoms with van der Waals surface area (Å²) in [6.45, 7) is 0. The van der Waals surface area contributed by atoms with Gasteiger partial charge in [0.1, 0.15) is 5.75 Å². The first kappa shape index (κ1) is 17.7. The molecule has 1 N–H and O–H groups in total. The van der Waals surface area contributed by atoms with Gasteiger partial charge in [-0.1, -0.05) is 18.2 Å². The van der Waals surface area contributed by atoms with Crippen LogP contribution in [0.4, 0.5) is 5.69 Å². The molecule has 26 heavy (non-hydrogen) atoms. The predicted octanol–water partition coefficient (Wildman–Crippen LogP) is 2.83. The second kappa shape index (κ2) is 7.39. The number of benzene rings is 2. The lowest BCUT2D eigenvalue weighted by Gasteiger charge is -2.30. The maximum absolute atomic E-state index is 13.0. The van der Waals surface area contributed by atoms with Gasteiger partial charge >= 0.3 is 5.97 Å². The number of aliphatic carboxylic acids is 1. The Balaban J connectivity index is 2.01. The number of rotatable bonds is 5. The number of carboxylic acids is 1. The summed E-state index contributed by atoms with van der Waals surface area (Å²) < 4.78 is 5.10. The number of ether oxygens (including phenoxy) is 1. The van der Waals surface area contributed by atoms with Gasteiger partial charge in [-0.2, -0.15) is 0 Å². The third-order valence-electron chi connectivity index (χ3n) is 4.43. The fourth-order valence-corrected chi connectivity index (χ4v) is 3.13. The Morgan fingerprint density at radius 3 is 2.50 bits per heavy atom. The molecule has 0 fully saturated rings. The van der Waals surface area contributed by atoms with Crippen LogP contribution in [0.25, 0.3) is 0 Å². The molecule has 0 spiro atoms. The second-order valence-corrected chi connectivity index (χ2v) is 6.08. The van der Waals surface area contributed by atoms with Crippen molar-refractivity contribution in [1.29, 1.82) is 0 Å². The standard InChI is InChI=1S/C20H19NO5/c1-26-16-9-5-15(6-10-16)20(25)21-17(22)11-7-13-3-2-4-14(19(13)21)8-12-18(23)24/h2-6,9-10H,7-8,11-12H2,1H3,(H,23,24). The maximum Gasteiger partial charge on any atom is 0.303 e. The summed E-state index contributed by atoms with van der Waals surface area (Å²) in [5.74, 6) is -0.991. The number of amides is 2. The van der Waals surface area contributed by atoms with Crippen LogP contribution in [0.3, 0.4) is 0 Å². The van der Waals surface area contributed by atoms with Crippen molar-refractivity contribution in [2.45, 2.75) is 25.7 Å². The Morgan fingerprint density at radius 1 is 1.12 bits per heavy atom. The van der Waals surface area contributed by atoms with Gasteiger partial charge < -0.3 is 9.84 Å². The van der Waals surface area contributed by atoms with Gasteiger partial charge in [0.2, 0.25) is 5.91 Å². The Hall–Kier alpha value is -3.15. The number of imide groups is 1. The van der Waals surface area contributed by atoms with Crippen LogP contribution in [0.5, 0.6) is 5.75 Å². The number of hydrogen-bond donors (Lipinski definition) is 1. The highest BCUT2D eigenvalue weighted by Gasteiger charge is 2.32. The van der Waals surface area contributed by atoms with Gasteiger partial charge in [-0.05, 0) is 48.2 Å². The molecule has 1 heterocycles. The lowest BCUT2D eigenvalue weighted by molar-refractivity contribution is -0.137. The molecular formula is C20H19NO5. The van der Waals surface area contributed by atoms with Crippen LogP contribution in [-0.4, -0.2) is 30.0 Å². The quantitative estimate of drug-likeness (QED) is 0.836. The molecule has 1 aliphatic rings. The van der Waals surface area contributed by atoms with Gasteiger partial charge in [0, 0.05) is 18.4 Å². The zero-order valence-corrected chi connectivity index (χ0v) is 14.4. The lowest BCUT2D eigenvalue weighted by atomic mass is 9.94. The summed E-state index contributed by atoms with van der Waals surface area (Å²) in [5.41, 5.74) is 2.49. The van der Waals surface area contributed by atoms with Crippen LogP contribution < -0.4 is 9.64 Å². The van der Waals surface area contributed by atoms with E-state index in [1.165, 1.54) is 12.0 Å². The number of fused-ring (bicyclic) bond motifs is 1. The van der Waals surface area contributed by atoms with Crippen molar-refractivity contribution >= 4 is 23.5 Å². The number of methoxy groups -OCH3 is 1. The number of carboxylic acid groups (broad SMARTS) is 1. The van der Waals surface area contributed by atoms with Crippen LogP contribution in [0.15, 0.2) is 42.5 Å². The molecule has 0 atom stereocenters. The summed E-state index contributed by atoms with van der Waals surface area (Å²) >= 11 is 0. The molecule has 0 saturated carbocycles. The minimum atomic E-state index is -0.919. The lowest BCUT2D eigenvalue weighted by Crippen LogP contribution is -2.41. The molecule has 0 saturated heterocycles. The van der Waals surface area contributed by atoms with E-state index in [0.29, 0.717) is 29.0 Å². The van der Waals surface area contributed by atoms with E-state index >= 15 is 0 Å².